The Labute approximate surface area is 121 Å². The number of fused-ring (bicyclic) bond motifs is 1. The first-order valence-electron chi connectivity index (χ1n) is 6.56. The van der Waals surface area contributed by atoms with Crippen LogP contribution in [-0.2, 0) is 10.8 Å². The maximum Gasteiger partial charge on any atom is 0.315 e. The molecule has 2 N–H and O–H groups in total. The second-order valence-corrected chi connectivity index (χ2v) is 6.52. The van der Waals surface area contributed by atoms with Crippen molar-refractivity contribution >= 4 is 16.8 Å². The summed E-state index contributed by atoms with van der Waals surface area (Å²) < 4.78 is 16.6. The van der Waals surface area contributed by atoms with Crippen molar-refractivity contribution in [3.05, 3.63) is 28.8 Å². The van der Waals surface area contributed by atoms with Gasteiger partial charge in [0.15, 0.2) is 0 Å². The van der Waals surface area contributed by atoms with Crippen molar-refractivity contribution in [3.63, 3.8) is 0 Å². The number of ether oxygens (including phenoxy) is 1. The number of rotatable bonds is 4. The van der Waals surface area contributed by atoms with Gasteiger partial charge < -0.3 is 15.4 Å². The monoisotopic (exact) mass is 296 g/mol. The van der Waals surface area contributed by atoms with E-state index in [-0.39, 0.29) is 12.1 Å². The van der Waals surface area contributed by atoms with E-state index in [1.807, 2.05) is 26.0 Å². The highest BCUT2D eigenvalue weighted by Crippen LogP contribution is 2.36. The average molecular weight is 296 g/mol. The van der Waals surface area contributed by atoms with Crippen LogP contribution in [0.3, 0.4) is 0 Å². The van der Waals surface area contributed by atoms with Crippen molar-refractivity contribution in [1.82, 2.24) is 10.6 Å². The van der Waals surface area contributed by atoms with Gasteiger partial charge in [-0.1, -0.05) is 12.1 Å². The van der Waals surface area contributed by atoms with Gasteiger partial charge in [-0.2, -0.15) is 0 Å². The predicted octanol–water partition coefficient (Wildman–Crippen LogP) is 1.41. The zero-order chi connectivity index (χ0) is 14.7. The summed E-state index contributed by atoms with van der Waals surface area (Å²) in [6.45, 7) is 4.92. The van der Waals surface area contributed by atoms with Gasteiger partial charge in [0.2, 0.25) is 0 Å². The van der Waals surface area contributed by atoms with E-state index in [4.69, 9.17) is 4.74 Å². The van der Waals surface area contributed by atoms with Crippen molar-refractivity contribution in [3.8, 4) is 5.75 Å². The zero-order valence-electron chi connectivity index (χ0n) is 12.0. The van der Waals surface area contributed by atoms with E-state index in [1.165, 1.54) is 5.56 Å². The fourth-order valence-corrected chi connectivity index (χ4v) is 2.56. The number of carbonyl (C=O) groups is 1. The number of hydrogen-bond acceptors (Lipinski definition) is 3. The highest BCUT2D eigenvalue weighted by atomic mass is 32.2. The molecule has 0 aliphatic carbocycles. The van der Waals surface area contributed by atoms with Crippen LogP contribution in [0.5, 0.6) is 5.75 Å². The SMILES string of the molecule is Cc1ccc2c(c1C)OC[C@H]2NC(=O)NCC[S@@](C)=O. The van der Waals surface area contributed by atoms with Crippen molar-refractivity contribution < 1.29 is 13.7 Å². The second-order valence-electron chi connectivity index (χ2n) is 4.97. The highest BCUT2D eigenvalue weighted by molar-refractivity contribution is 7.84. The number of benzene rings is 1. The van der Waals surface area contributed by atoms with Gasteiger partial charge in [-0.05, 0) is 25.0 Å². The van der Waals surface area contributed by atoms with Crippen LogP contribution in [0.15, 0.2) is 12.1 Å². The van der Waals surface area contributed by atoms with Crippen molar-refractivity contribution in [2.45, 2.75) is 19.9 Å². The van der Waals surface area contributed by atoms with Crippen LogP contribution in [0.2, 0.25) is 0 Å². The van der Waals surface area contributed by atoms with E-state index in [9.17, 15) is 9.00 Å². The summed E-state index contributed by atoms with van der Waals surface area (Å²) in [6.07, 6.45) is 1.62. The first kappa shape index (κ1) is 14.8. The molecule has 2 rings (SSSR count). The third-order valence-corrected chi connectivity index (χ3v) is 4.24. The molecule has 1 aliphatic rings. The Morgan fingerprint density at radius 2 is 2.20 bits per heavy atom. The molecule has 0 aromatic heterocycles. The maximum absolute atomic E-state index is 11.8. The Morgan fingerprint density at radius 3 is 2.90 bits per heavy atom. The summed E-state index contributed by atoms with van der Waals surface area (Å²) in [4.78, 5) is 11.8. The molecule has 20 heavy (non-hydrogen) atoms. The highest BCUT2D eigenvalue weighted by Gasteiger charge is 2.27. The van der Waals surface area contributed by atoms with Gasteiger partial charge in [-0.25, -0.2) is 4.79 Å². The van der Waals surface area contributed by atoms with Crippen LogP contribution >= 0.6 is 0 Å². The lowest BCUT2D eigenvalue weighted by Gasteiger charge is -2.13. The molecule has 0 spiro atoms. The van der Waals surface area contributed by atoms with Crippen LogP contribution in [0, 0.1) is 13.8 Å². The molecule has 1 aromatic carbocycles. The molecule has 2 atom stereocenters. The third-order valence-electron chi connectivity index (χ3n) is 3.46. The minimum absolute atomic E-state index is 0.128. The number of aryl methyl sites for hydroxylation is 1. The fraction of sp³-hybridized carbons (Fsp3) is 0.500. The Balaban J connectivity index is 1.95. The Kier molecular flexibility index (Phi) is 4.65. The Bertz CT molecular complexity index is 545. The molecule has 1 aromatic rings. The first-order valence-corrected chi connectivity index (χ1v) is 8.29. The molecule has 1 heterocycles. The van der Waals surface area contributed by atoms with Gasteiger partial charge in [0.05, 0.1) is 6.04 Å². The molecule has 0 fully saturated rings. The van der Waals surface area contributed by atoms with Gasteiger partial charge >= 0.3 is 6.03 Å². The van der Waals surface area contributed by atoms with Gasteiger partial charge in [-0.15, -0.1) is 0 Å². The van der Waals surface area contributed by atoms with E-state index in [0.29, 0.717) is 18.9 Å². The molecule has 0 bridgehead atoms. The van der Waals surface area contributed by atoms with Crippen LogP contribution in [0.25, 0.3) is 0 Å². The van der Waals surface area contributed by atoms with Crippen molar-refractivity contribution in [1.29, 1.82) is 0 Å². The molecule has 0 unspecified atom stereocenters. The quantitative estimate of drug-likeness (QED) is 0.883. The van der Waals surface area contributed by atoms with Gasteiger partial charge in [0.25, 0.3) is 0 Å². The number of nitrogens with one attached hydrogen (secondary N) is 2. The normalized spacial score (nSPS) is 18.1. The molecule has 2 amide bonds. The van der Waals surface area contributed by atoms with E-state index in [1.54, 1.807) is 6.26 Å². The topological polar surface area (TPSA) is 67.4 Å². The van der Waals surface area contributed by atoms with Crippen molar-refractivity contribution in [2.24, 2.45) is 0 Å². The summed E-state index contributed by atoms with van der Waals surface area (Å²) >= 11 is 0. The van der Waals surface area contributed by atoms with E-state index in [0.717, 1.165) is 16.9 Å². The Hall–Kier alpha value is -1.56. The molecule has 1 aliphatic heterocycles. The minimum atomic E-state index is -0.895. The minimum Gasteiger partial charge on any atom is -0.490 e. The molecular formula is C14H20N2O3S. The Morgan fingerprint density at radius 1 is 1.45 bits per heavy atom. The van der Waals surface area contributed by atoms with E-state index >= 15 is 0 Å². The molecule has 6 heteroatoms. The lowest BCUT2D eigenvalue weighted by atomic mass is 10.0. The molecular weight excluding hydrogens is 276 g/mol. The number of urea groups is 1. The van der Waals surface area contributed by atoms with Crippen LogP contribution < -0.4 is 15.4 Å². The molecule has 0 saturated heterocycles. The zero-order valence-corrected chi connectivity index (χ0v) is 12.8. The van der Waals surface area contributed by atoms with Crippen molar-refractivity contribution in [2.75, 3.05) is 25.2 Å². The fourth-order valence-electron chi connectivity index (χ4n) is 2.17. The summed E-state index contributed by atoms with van der Waals surface area (Å²) in [6, 6.07) is 3.65. The number of carbonyl (C=O) groups excluding carboxylic acids is 1. The summed E-state index contributed by atoms with van der Waals surface area (Å²) in [5, 5.41) is 5.58. The summed E-state index contributed by atoms with van der Waals surface area (Å²) in [7, 11) is -0.895. The molecule has 5 nitrogen and oxygen atoms in total. The summed E-state index contributed by atoms with van der Waals surface area (Å²) in [5.74, 6) is 1.34. The van der Waals surface area contributed by atoms with Crippen LogP contribution in [0.1, 0.15) is 22.7 Å². The second kappa shape index (κ2) is 6.26. The largest absolute Gasteiger partial charge is 0.490 e. The standard InChI is InChI=1S/C14H20N2O3S/c1-9-4-5-11-12(8-19-13(11)10(9)2)16-14(17)15-6-7-20(3)18/h4-5,12H,6-8H2,1-3H3,(H2,15,16,17)/t12-,20-/m1/s1. The number of hydrogen-bond donors (Lipinski definition) is 2. The molecule has 0 saturated carbocycles. The van der Waals surface area contributed by atoms with Gasteiger partial charge in [-0.3, -0.25) is 4.21 Å². The van der Waals surface area contributed by atoms with E-state index in [2.05, 4.69) is 10.6 Å². The molecule has 0 radical (unpaired) electrons. The van der Waals surface area contributed by atoms with Crippen LogP contribution in [0.4, 0.5) is 4.79 Å². The number of amides is 2. The lowest BCUT2D eigenvalue weighted by molar-refractivity contribution is 0.232. The smallest absolute Gasteiger partial charge is 0.315 e. The van der Waals surface area contributed by atoms with Gasteiger partial charge in [0.1, 0.15) is 12.4 Å². The third kappa shape index (κ3) is 3.30. The average Bonchev–Trinajstić information content (AvgIpc) is 2.77. The van der Waals surface area contributed by atoms with E-state index < -0.39 is 10.8 Å². The van der Waals surface area contributed by atoms with Crippen LogP contribution in [-0.4, -0.2) is 35.4 Å². The maximum atomic E-state index is 11.8. The predicted molar refractivity (Wildman–Crippen MR) is 79.6 cm³/mol. The molecule has 110 valence electrons. The summed E-state index contributed by atoms with van der Waals surface area (Å²) in [5.41, 5.74) is 3.31. The van der Waals surface area contributed by atoms with Gasteiger partial charge in [0, 0.05) is 34.9 Å². The first-order chi connectivity index (χ1) is 9.49. The lowest BCUT2D eigenvalue weighted by Crippen LogP contribution is -2.40.